The summed E-state index contributed by atoms with van der Waals surface area (Å²) in [5.74, 6) is 1.98. The van der Waals surface area contributed by atoms with E-state index in [1.807, 2.05) is 56.3 Å². The Morgan fingerprint density at radius 2 is 1.92 bits per heavy atom. The number of methoxy groups -OCH3 is 2. The summed E-state index contributed by atoms with van der Waals surface area (Å²) in [7, 11) is 3.20. The second-order valence-electron chi connectivity index (χ2n) is 6.70. The number of hydrogen-bond donors (Lipinski definition) is 0. The van der Waals surface area contributed by atoms with Crippen LogP contribution >= 0.6 is 0 Å². The van der Waals surface area contributed by atoms with Crippen molar-refractivity contribution in [1.29, 1.82) is 0 Å². The van der Waals surface area contributed by atoms with Gasteiger partial charge in [-0.1, -0.05) is 12.1 Å². The van der Waals surface area contributed by atoms with E-state index in [9.17, 15) is 4.79 Å². The van der Waals surface area contributed by atoms with Gasteiger partial charge in [0.05, 0.1) is 26.5 Å². The molecule has 1 heterocycles. The summed E-state index contributed by atoms with van der Waals surface area (Å²) in [5.41, 5.74) is 1.10. The molecule has 0 atom stereocenters. The van der Waals surface area contributed by atoms with E-state index in [-0.39, 0.29) is 5.91 Å². The number of carbonyl (C=O) groups is 1. The predicted octanol–water partition coefficient (Wildman–Crippen LogP) is 3.92. The molecular weight excluding hydrogens is 330 g/mol. The van der Waals surface area contributed by atoms with Crippen LogP contribution in [0.15, 0.2) is 48.5 Å². The molecule has 3 rings (SSSR count). The molecule has 0 spiro atoms. The molecule has 0 saturated carbocycles. The van der Waals surface area contributed by atoms with Crippen molar-refractivity contribution in [2.24, 2.45) is 0 Å². The van der Waals surface area contributed by atoms with Gasteiger partial charge in [0.2, 0.25) is 0 Å². The highest BCUT2D eigenvalue weighted by atomic mass is 16.5. The Kier molecular flexibility index (Phi) is 4.89. The minimum atomic E-state index is -0.453. The summed E-state index contributed by atoms with van der Waals surface area (Å²) in [4.78, 5) is 14.6. The Bertz CT molecular complexity index is 842. The molecule has 1 aliphatic rings. The Hall–Kier alpha value is -2.95. The molecule has 1 amide bonds. The lowest BCUT2D eigenvalue weighted by atomic mass is 10.0. The first kappa shape index (κ1) is 17.9. The van der Waals surface area contributed by atoms with Crippen LogP contribution in [0.25, 0.3) is 6.08 Å². The fourth-order valence-electron chi connectivity index (χ4n) is 2.98. The normalized spacial score (nSPS) is 15.3. The van der Waals surface area contributed by atoms with Crippen molar-refractivity contribution in [2.75, 3.05) is 25.7 Å². The third-order valence-corrected chi connectivity index (χ3v) is 4.19. The molecule has 0 radical (unpaired) electrons. The number of para-hydroxylation sites is 2. The van der Waals surface area contributed by atoms with Crippen molar-refractivity contribution in [3.63, 3.8) is 0 Å². The van der Waals surface area contributed by atoms with E-state index >= 15 is 0 Å². The maximum atomic E-state index is 12.9. The molecule has 0 bridgehead atoms. The number of benzene rings is 2. The Morgan fingerprint density at radius 3 is 2.65 bits per heavy atom. The summed E-state index contributed by atoms with van der Waals surface area (Å²) >= 11 is 0. The van der Waals surface area contributed by atoms with Crippen LogP contribution in [0, 0.1) is 0 Å². The third-order valence-electron chi connectivity index (χ3n) is 4.19. The first-order valence-electron chi connectivity index (χ1n) is 8.43. The van der Waals surface area contributed by atoms with Crippen LogP contribution in [0.2, 0.25) is 0 Å². The van der Waals surface area contributed by atoms with Crippen LogP contribution in [0.1, 0.15) is 19.4 Å². The minimum Gasteiger partial charge on any atom is -0.497 e. The molecule has 0 aliphatic carbocycles. The predicted molar refractivity (Wildman–Crippen MR) is 102 cm³/mol. The lowest BCUT2D eigenvalue weighted by Crippen LogP contribution is -2.48. The lowest BCUT2D eigenvalue weighted by molar-refractivity contribution is -0.115. The molecule has 0 unspecified atom stereocenters. The van der Waals surface area contributed by atoms with Gasteiger partial charge >= 0.3 is 0 Å². The monoisotopic (exact) mass is 353 g/mol. The van der Waals surface area contributed by atoms with E-state index in [1.165, 1.54) is 0 Å². The van der Waals surface area contributed by atoms with Crippen LogP contribution in [-0.2, 0) is 4.79 Å². The molecule has 5 heteroatoms. The summed E-state index contributed by atoms with van der Waals surface area (Å²) in [6.45, 7) is 4.42. The highest BCUT2D eigenvalue weighted by Crippen LogP contribution is 2.37. The van der Waals surface area contributed by atoms with Gasteiger partial charge in [0.15, 0.2) is 0 Å². The fourth-order valence-corrected chi connectivity index (χ4v) is 2.98. The second-order valence-corrected chi connectivity index (χ2v) is 6.70. The average molecular weight is 353 g/mol. The molecule has 5 nitrogen and oxygen atoms in total. The van der Waals surface area contributed by atoms with Gasteiger partial charge in [-0.3, -0.25) is 4.79 Å². The molecule has 1 aliphatic heterocycles. The van der Waals surface area contributed by atoms with Gasteiger partial charge in [0.25, 0.3) is 5.91 Å². The maximum Gasteiger partial charge on any atom is 0.251 e. The molecule has 2 aromatic rings. The van der Waals surface area contributed by atoms with Crippen molar-refractivity contribution in [1.82, 2.24) is 0 Å². The van der Waals surface area contributed by atoms with Crippen molar-refractivity contribution >= 4 is 17.7 Å². The first-order chi connectivity index (χ1) is 12.4. The number of amides is 1. The minimum absolute atomic E-state index is 0.112. The van der Waals surface area contributed by atoms with Crippen molar-refractivity contribution in [3.8, 4) is 17.2 Å². The fraction of sp³-hybridized carbons (Fsp3) is 0.286. The molecule has 0 N–H and O–H groups in total. The zero-order chi connectivity index (χ0) is 18.7. The van der Waals surface area contributed by atoms with E-state index in [2.05, 4.69) is 0 Å². The van der Waals surface area contributed by atoms with Gasteiger partial charge in [0, 0.05) is 11.6 Å². The second kappa shape index (κ2) is 7.12. The quantitative estimate of drug-likeness (QED) is 0.782. The van der Waals surface area contributed by atoms with Gasteiger partial charge < -0.3 is 19.1 Å². The number of fused-ring (bicyclic) bond motifs is 1. The standard InChI is InChI=1S/C21H23NO4/c1-21(2)14-22(17-7-5-6-8-19(17)26-21)20(23)12-9-15-13-16(24-3)10-11-18(15)25-4/h5-13H,14H2,1-4H3/b12-9+. The molecule has 2 aromatic carbocycles. The van der Waals surface area contributed by atoms with Gasteiger partial charge in [-0.05, 0) is 50.3 Å². The van der Waals surface area contributed by atoms with E-state index in [0.717, 1.165) is 11.3 Å². The summed E-state index contributed by atoms with van der Waals surface area (Å²) < 4.78 is 16.6. The van der Waals surface area contributed by atoms with Crippen molar-refractivity contribution < 1.29 is 19.0 Å². The molecular formula is C21H23NO4. The number of rotatable bonds is 4. The number of nitrogens with zero attached hydrogens (tertiary/aromatic N) is 1. The van der Waals surface area contributed by atoms with Crippen LogP contribution in [0.5, 0.6) is 17.2 Å². The topological polar surface area (TPSA) is 48.0 Å². The van der Waals surface area contributed by atoms with Gasteiger partial charge in [-0.25, -0.2) is 0 Å². The van der Waals surface area contributed by atoms with Crippen molar-refractivity contribution in [3.05, 3.63) is 54.1 Å². The number of ether oxygens (including phenoxy) is 3. The highest BCUT2D eigenvalue weighted by molar-refractivity contribution is 6.05. The van der Waals surface area contributed by atoms with Crippen LogP contribution in [0.4, 0.5) is 5.69 Å². The number of carbonyl (C=O) groups excluding carboxylic acids is 1. The van der Waals surface area contributed by atoms with Gasteiger partial charge in [-0.2, -0.15) is 0 Å². The van der Waals surface area contributed by atoms with Crippen LogP contribution in [0.3, 0.4) is 0 Å². The van der Waals surface area contributed by atoms with Gasteiger partial charge in [0.1, 0.15) is 22.8 Å². The molecule has 0 saturated heterocycles. The van der Waals surface area contributed by atoms with E-state index in [4.69, 9.17) is 14.2 Å². The zero-order valence-electron chi connectivity index (χ0n) is 15.5. The zero-order valence-corrected chi connectivity index (χ0v) is 15.5. The summed E-state index contributed by atoms with van der Waals surface area (Å²) in [6, 6.07) is 13.0. The highest BCUT2D eigenvalue weighted by Gasteiger charge is 2.33. The van der Waals surface area contributed by atoms with Crippen LogP contribution in [-0.4, -0.2) is 32.3 Å². The Labute approximate surface area is 153 Å². The Morgan fingerprint density at radius 1 is 1.15 bits per heavy atom. The largest absolute Gasteiger partial charge is 0.497 e. The van der Waals surface area contributed by atoms with Crippen molar-refractivity contribution in [2.45, 2.75) is 19.4 Å². The summed E-state index contributed by atoms with van der Waals surface area (Å²) in [5, 5.41) is 0. The average Bonchev–Trinajstić information content (AvgIpc) is 2.64. The molecule has 0 aromatic heterocycles. The first-order valence-corrected chi connectivity index (χ1v) is 8.43. The van der Waals surface area contributed by atoms with E-state index in [0.29, 0.717) is 23.8 Å². The molecule has 26 heavy (non-hydrogen) atoms. The molecule has 136 valence electrons. The van der Waals surface area contributed by atoms with Crippen LogP contribution < -0.4 is 19.1 Å². The molecule has 0 fully saturated rings. The maximum absolute atomic E-state index is 12.9. The van der Waals surface area contributed by atoms with E-state index in [1.54, 1.807) is 31.3 Å². The van der Waals surface area contributed by atoms with E-state index < -0.39 is 5.60 Å². The van der Waals surface area contributed by atoms with Gasteiger partial charge in [-0.15, -0.1) is 0 Å². The number of hydrogen-bond acceptors (Lipinski definition) is 4. The summed E-state index contributed by atoms with van der Waals surface area (Å²) in [6.07, 6.45) is 3.30. The number of anilines is 1. The smallest absolute Gasteiger partial charge is 0.251 e. The Balaban J connectivity index is 1.90. The SMILES string of the molecule is COc1ccc(OC)c(/C=C/C(=O)N2CC(C)(C)Oc3ccccc32)c1. The lowest BCUT2D eigenvalue weighted by Gasteiger charge is -2.39. The third kappa shape index (κ3) is 3.67.